The van der Waals surface area contributed by atoms with Gasteiger partial charge >= 0.3 is 0 Å². The van der Waals surface area contributed by atoms with Gasteiger partial charge in [0.25, 0.3) is 0 Å². The third kappa shape index (κ3) is 2.70. The number of hydrogen-bond donors (Lipinski definition) is 1. The summed E-state index contributed by atoms with van der Waals surface area (Å²) in [6.07, 6.45) is 3.95. The number of benzene rings is 2. The number of rotatable bonds is 3. The van der Waals surface area contributed by atoms with Gasteiger partial charge in [0, 0.05) is 25.8 Å². The lowest BCUT2D eigenvalue weighted by atomic mass is 9.82. The van der Waals surface area contributed by atoms with Gasteiger partial charge in [0.2, 0.25) is 0 Å². The number of phenolic OH excluding ortho intramolecular Hbond substituents is 1. The molecular formula is C20H24N2O. The second kappa shape index (κ2) is 5.89. The van der Waals surface area contributed by atoms with E-state index in [9.17, 15) is 5.11 Å². The summed E-state index contributed by atoms with van der Waals surface area (Å²) >= 11 is 0. The Kier molecular flexibility index (Phi) is 3.74. The largest absolute Gasteiger partial charge is 0.508 e. The summed E-state index contributed by atoms with van der Waals surface area (Å²) in [5.41, 5.74) is 4.03. The third-order valence-corrected chi connectivity index (χ3v) is 5.49. The van der Waals surface area contributed by atoms with Crippen molar-refractivity contribution in [2.75, 3.05) is 25.0 Å². The van der Waals surface area contributed by atoms with Gasteiger partial charge in [-0.25, -0.2) is 0 Å². The van der Waals surface area contributed by atoms with E-state index in [0.29, 0.717) is 17.8 Å². The SMILES string of the molecule is CN1c2ccc(O)cc2C2CCN(CCc3ccccc3)C1C2. The Morgan fingerprint density at radius 2 is 1.96 bits per heavy atom. The first-order valence-electron chi connectivity index (χ1n) is 8.56. The number of piperidine rings is 1. The van der Waals surface area contributed by atoms with E-state index in [2.05, 4.69) is 53.2 Å². The summed E-state index contributed by atoms with van der Waals surface area (Å²) < 4.78 is 0. The number of anilines is 1. The van der Waals surface area contributed by atoms with Gasteiger partial charge in [-0.1, -0.05) is 30.3 Å². The molecule has 0 aromatic heterocycles. The molecule has 0 amide bonds. The fourth-order valence-corrected chi connectivity index (χ4v) is 4.21. The van der Waals surface area contributed by atoms with Gasteiger partial charge in [0.15, 0.2) is 0 Å². The van der Waals surface area contributed by atoms with Crippen molar-refractivity contribution in [2.45, 2.75) is 31.3 Å². The molecule has 23 heavy (non-hydrogen) atoms. The zero-order chi connectivity index (χ0) is 15.8. The molecule has 2 aliphatic heterocycles. The van der Waals surface area contributed by atoms with Crippen LogP contribution in [0, 0.1) is 0 Å². The molecule has 2 aromatic carbocycles. The Bertz CT molecular complexity index is 685. The van der Waals surface area contributed by atoms with Crippen LogP contribution in [0.5, 0.6) is 5.75 Å². The number of aromatic hydroxyl groups is 1. The minimum absolute atomic E-state index is 0.391. The smallest absolute Gasteiger partial charge is 0.116 e. The van der Waals surface area contributed by atoms with Crippen molar-refractivity contribution in [2.24, 2.45) is 0 Å². The van der Waals surface area contributed by atoms with E-state index < -0.39 is 0 Å². The Morgan fingerprint density at radius 3 is 2.78 bits per heavy atom. The molecule has 1 N–H and O–H groups in total. The molecule has 2 aromatic rings. The highest BCUT2D eigenvalue weighted by atomic mass is 16.3. The normalized spacial score (nSPS) is 23.6. The second-order valence-corrected chi connectivity index (χ2v) is 6.83. The fraction of sp³-hybridized carbons (Fsp3) is 0.400. The van der Waals surface area contributed by atoms with E-state index in [1.165, 1.54) is 29.7 Å². The first-order chi connectivity index (χ1) is 11.2. The lowest BCUT2D eigenvalue weighted by Gasteiger charge is -2.49. The molecule has 1 saturated heterocycles. The molecule has 2 bridgehead atoms. The van der Waals surface area contributed by atoms with Crippen LogP contribution in [-0.2, 0) is 6.42 Å². The van der Waals surface area contributed by atoms with Gasteiger partial charge in [-0.2, -0.15) is 0 Å². The van der Waals surface area contributed by atoms with E-state index in [1.807, 2.05) is 12.1 Å². The first kappa shape index (κ1) is 14.6. The molecule has 120 valence electrons. The summed E-state index contributed by atoms with van der Waals surface area (Å²) in [6.45, 7) is 2.25. The summed E-state index contributed by atoms with van der Waals surface area (Å²) in [5.74, 6) is 0.980. The maximum atomic E-state index is 9.81. The van der Waals surface area contributed by atoms with Gasteiger partial charge in [-0.05, 0) is 54.5 Å². The lowest BCUT2D eigenvalue weighted by Crippen LogP contribution is -2.54. The lowest BCUT2D eigenvalue weighted by molar-refractivity contribution is 0.128. The van der Waals surface area contributed by atoms with Crippen molar-refractivity contribution in [3.63, 3.8) is 0 Å². The van der Waals surface area contributed by atoms with E-state index in [4.69, 9.17) is 0 Å². The average Bonchev–Trinajstić information content (AvgIpc) is 2.59. The van der Waals surface area contributed by atoms with Crippen molar-refractivity contribution >= 4 is 5.69 Å². The quantitative estimate of drug-likeness (QED) is 0.938. The van der Waals surface area contributed by atoms with Crippen molar-refractivity contribution in [3.8, 4) is 5.75 Å². The Balaban J connectivity index is 1.52. The fourth-order valence-electron chi connectivity index (χ4n) is 4.21. The number of hydrogen-bond acceptors (Lipinski definition) is 3. The van der Waals surface area contributed by atoms with Crippen molar-refractivity contribution in [1.29, 1.82) is 0 Å². The predicted molar refractivity (Wildman–Crippen MR) is 94.0 cm³/mol. The maximum Gasteiger partial charge on any atom is 0.116 e. The average molecular weight is 308 g/mol. The summed E-state index contributed by atoms with van der Waals surface area (Å²) in [5, 5.41) is 9.81. The molecule has 2 atom stereocenters. The van der Waals surface area contributed by atoms with Crippen LogP contribution in [-0.4, -0.2) is 36.3 Å². The number of nitrogens with zero attached hydrogens (tertiary/aromatic N) is 2. The zero-order valence-corrected chi connectivity index (χ0v) is 13.7. The van der Waals surface area contributed by atoms with E-state index in [-0.39, 0.29) is 0 Å². The van der Waals surface area contributed by atoms with Crippen LogP contribution in [0.25, 0.3) is 0 Å². The highest BCUT2D eigenvalue weighted by Crippen LogP contribution is 2.44. The Morgan fingerprint density at radius 1 is 1.13 bits per heavy atom. The van der Waals surface area contributed by atoms with Crippen LogP contribution in [0.2, 0.25) is 0 Å². The molecule has 2 unspecified atom stereocenters. The van der Waals surface area contributed by atoms with E-state index in [0.717, 1.165) is 19.5 Å². The van der Waals surface area contributed by atoms with Crippen LogP contribution in [0.15, 0.2) is 48.5 Å². The minimum atomic E-state index is 0.391. The number of fused-ring (bicyclic) bond motifs is 4. The first-order valence-corrected chi connectivity index (χ1v) is 8.56. The van der Waals surface area contributed by atoms with Gasteiger partial charge in [-0.15, -0.1) is 0 Å². The summed E-state index contributed by atoms with van der Waals surface area (Å²) in [4.78, 5) is 5.02. The van der Waals surface area contributed by atoms with Crippen LogP contribution >= 0.6 is 0 Å². The van der Waals surface area contributed by atoms with Crippen LogP contribution in [0.1, 0.15) is 29.9 Å². The molecule has 0 radical (unpaired) electrons. The molecule has 3 heteroatoms. The molecular weight excluding hydrogens is 284 g/mol. The van der Waals surface area contributed by atoms with Crippen molar-refractivity contribution in [3.05, 3.63) is 59.7 Å². The molecule has 2 heterocycles. The highest BCUT2D eigenvalue weighted by molar-refractivity contribution is 5.60. The van der Waals surface area contributed by atoms with Crippen LogP contribution < -0.4 is 4.90 Å². The van der Waals surface area contributed by atoms with E-state index >= 15 is 0 Å². The second-order valence-electron chi connectivity index (χ2n) is 6.83. The number of phenols is 1. The molecule has 4 rings (SSSR count). The molecule has 3 nitrogen and oxygen atoms in total. The van der Waals surface area contributed by atoms with Crippen molar-refractivity contribution in [1.82, 2.24) is 4.90 Å². The monoisotopic (exact) mass is 308 g/mol. The summed E-state index contributed by atoms with van der Waals surface area (Å²) in [6, 6.07) is 16.6. The van der Waals surface area contributed by atoms with Gasteiger partial charge in [0.1, 0.15) is 5.75 Å². The van der Waals surface area contributed by atoms with Crippen LogP contribution in [0.3, 0.4) is 0 Å². The highest BCUT2D eigenvalue weighted by Gasteiger charge is 2.37. The maximum absolute atomic E-state index is 9.81. The van der Waals surface area contributed by atoms with E-state index in [1.54, 1.807) is 0 Å². The zero-order valence-electron chi connectivity index (χ0n) is 13.7. The molecule has 2 aliphatic rings. The predicted octanol–water partition coefficient (Wildman–Crippen LogP) is 3.59. The van der Waals surface area contributed by atoms with Crippen molar-refractivity contribution < 1.29 is 5.11 Å². The van der Waals surface area contributed by atoms with Gasteiger partial charge in [0.05, 0.1) is 6.17 Å². The van der Waals surface area contributed by atoms with Crippen LogP contribution in [0.4, 0.5) is 5.69 Å². The molecule has 0 spiro atoms. The minimum Gasteiger partial charge on any atom is -0.508 e. The summed E-state index contributed by atoms with van der Waals surface area (Å²) in [7, 11) is 2.19. The topological polar surface area (TPSA) is 26.7 Å². The third-order valence-electron chi connectivity index (χ3n) is 5.49. The Hall–Kier alpha value is -2.00. The standard InChI is InChI=1S/C20H24N2O/c1-21-19-8-7-17(23)14-18(19)16-10-12-22(20(21)13-16)11-9-15-5-3-2-4-6-15/h2-8,14,16,20,23H,9-13H2,1H3. The molecule has 0 aliphatic carbocycles. The number of likely N-dealkylation sites (tertiary alicyclic amines) is 1. The molecule has 0 saturated carbocycles. The Labute approximate surface area is 138 Å². The molecule has 1 fully saturated rings. The van der Waals surface area contributed by atoms with Gasteiger partial charge < -0.3 is 10.0 Å². The van der Waals surface area contributed by atoms with Gasteiger partial charge in [-0.3, -0.25) is 4.90 Å².